The molecule has 14 heteroatoms. The van der Waals surface area contributed by atoms with E-state index in [0.29, 0.717) is 5.75 Å². The van der Waals surface area contributed by atoms with Crippen LogP contribution in [0.5, 0.6) is 11.5 Å². The fraction of sp³-hybridized carbons (Fsp3) is 0.458. The number of amides is 1. The molecule has 2 aromatic rings. The number of hydrogen-bond acceptors (Lipinski definition) is 8. The highest BCUT2D eigenvalue weighted by Gasteiger charge is 2.56. The number of carboxylic acid groups (broad SMARTS) is 1. The first-order chi connectivity index (χ1) is 17.4. The molecule has 0 aliphatic carbocycles. The van der Waals surface area contributed by atoms with Crippen LogP contribution >= 0.6 is 0 Å². The molecule has 10 nitrogen and oxygen atoms in total. The minimum Gasteiger partial charge on any atom is -0.480 e. The summed E-state index contributed by atoms with van der Waals surface area (Å²) in [5, 5.41) is 21.9. The summed E-state index contributed by atoms with van der Waals surface area (Å²) < 4.78 is 72.8. The number of halogens is 3. The number of carbonyl (C=O) groups is 2. The number of carbonyl (C=O) groups excluding carboxylic acids is 1. The van der Waals surface area contributed by atoms with Crippen LogP contribution in [0.2, 0.25) is 0 Å². The summed E-state index contributed by atoms with van der Waals surface area (Å²) in [7, 11) is -3.80. The minimum absolute atomic E-state index is 0.117. The average Bonchev–Trinajstić information content (AvgIpc) is 2.79. The normalized spacial score (nSPS) is 16.0. The van der Waals surface area contributed by atoms with Crippen molar-refractivity contribution in [3.63, 3.8) is 0 Å². The molecular formula is C24H30F3N3O7S. The third-order valence-corrected chi connectivity index (χ3v) is 6.89. The molecule has 1 aromatic heterocycles. The SMILES string of the molecule is CC(C)(C)OC(=O)N[C@@H](CCS(=N)(=O)CCC(O)(c1ccc(Oc2ccccc2)cn1)C(F)(F)F)C(=O)O. The summed E-state index contributed by atoms with van der Waals surface area (Å²) >= 11 is 0. The van der Waals surface area contributed by atoms with Crippen LogP contribution in [0.25, 0.3) is 0 Å². The Kier molecular flexibility index (Phi) is 9.72. The Morgan fingerprint density at radius 3 is 2.21 bits per heavy atom. The van der Waals surface area contributed by atoms with Gasteiger partial charge in [-0.15, -0.1) is 0 Å². The van der Waals surface area contributed by atoms with E-state index in [4.69, 9.17) is 14.3 Å². The Labute approximate surface area is 218 Å². The van der Waals surface area contributed by atoms with E-state index in [1.807, 2.05) is 0 Å². The molecule has 0 saturated carbocycles. The number of nitrogens with one attached hydrogen (secondary N) is 2. The van der Waals surface area contributed by atoms with Crippen molar-refractivity contribution in [2.24, 2.45) is 0 Å². The first-order valence-corrected chi connectivity index (χ1v) is 13.3. The average molecular weight is 562 g/mol. The van der Waals surface area contributed by atoms with Crippen molar-refractivity contribution in [1.82, 2.24) is 10.3 Å². The summed E-state index contributed by atoms with van der Waals surface area (Å²) in [5.74, 6) is -2.52. The highest BCUT2D eigenvalue weighted by atomic mass is 32.2. The molecule has 0 fully saturated rings. The Balaban J connectivity index is 2.10. The maximum atomic E-state index is 13.9. The zero-order valence-electron chi connectivity index (χ0n) is 20.9. The Morgan fingerprint density at radius 1 is 1.08 bits per heavy atom. The Hall–Kier alpha value is -3.39. The van der Waals surface area contributed by atoms with Crippen LogP contribution < -0.4 is 10.1 Å². The fourth-order valence-electron chi connectivity index (χ4n) is 3.16. The Bertz CT molecular complexity index is 1200. The molecule has 2 rings (SSSR count). The maximum absolute atomic E-state index is 13.9. The fourth-order valence-corrected chi connectivity index (χ4v) is 4.60. The molecular weight excluding hydrogens is 531 g/mol. The minimum atomic E-state index is -5.22. The van der Waals surface area contributed by atoms with Gasteiger partial charge >= 0.3 is 18.2 Å². The standard InChI is InChI=1S/C24H30F3N3O7S/c1-22(2,3)37-21(33)30-18(20(31)32)11-13-38(28,35)14-12-23(34,24(25,26)27)19-10-9-17(15-29-19)36-16-7-5-4-6-8-16/h4-10,15,18,28,34H,11-14H2,1-3H3,(H,30,33)(H,31,32)/t18-,23?,38?/m0/s1. The van der Waals surface area contributed by atoms with Crippen LogP contribution in [0.15, 0.2) is 48.7 Å². The summed E-state index contributed by atoms with van der Waals surface area (Å²) in [4.78, 5) is 27.0. The number of alkyl carbamates (subject to hydrolysis) is 1. The van der Waals surface area contributed by atoms with E-state index in [9.17, 15) is 37.2 Å². The Morgan fingerprint density at radius 2 is 1.71 bits per heavy atom. The lowest BCUT2D eigenvalue weighted by Gasteiger charge is -2.30. The first-order valence-electron chi connectivity index (χ1n) is 11.4. The number of aliphatic hydroxyl groups is 1. The highest BCUT2D eigenvalue weighted by molar-refractivity contribution is 7.92. The van der Waals surface area contributed by atoms with E-state index in [1.165, 1.54) is 6.07 Å². The van der Waals surface area contributed by atoms with Crippen molar-refractivity contribution in [3.8, 4) is 11.5 Å². The van der Waals surface area contributed by atoms with Crippen molar-refractivity contribution in [2.45, 2.75) is 57.0 Å². The van der Waals surface area contributed by atoms with Crippen LogP contribution in [0.1, 0.15) is 39.3 Å². The number of para-hydroxylation sites is 1. The lowest BCUT2D eigenvalue weighted by Crippen LogP contribution is -2.45. The molecule has 1 heterocycles. The zero-order valence-corrected chi connectivity index (χ0v) is 21.8. The van der Waals surface area contributed by atoms with Gasteiger partial charge in [0.15, 0.2) is 0 Å². The van der Waals surface area contributed by atoms with Crippen molar-refractivity contribution < 1.29 is 46.7 Å². The summed E-state index contributed by atoms with van der Waals surface area (Å²) in [6.45, 7) is 4.67. The maximum Gasteiger partial charge on any atom is 0.423 e. The predicted molar refractivity (Wildman–Crippen MR) is 131 cm³/mol. The first kappa shape index (κ1) is 30.8. The number of nitrogens with zero attached hydrogens (tertiary/aromatic N) is 1. The molecule has 210 valence electrons. The molecule has 1 amide bonds. The van der Waals surface area contributed by atoms with E-state index in [1.54, 1.807) is 51.1 Å². The molecule has 38 heavy (non-hydrogen) atoms. The number of carboxylic acids is 1. The van der Waals surface area contributed by atoms with Crippen molar-refractivity contribution in [2.75, 3.05) is 11.5 Å². The topological polar surface area (TPSA) is 159 Å². The van der Waals surface area contributed by atoms with Gasteiger partial charge in [0.05, 0.1) is 11.9 Å². The highest BCUT2D eigenvalue weighted by Crippen LogP contribution is 2.41. The molecule has 0 saturated heterocycles. The van der Waals surface area contributed by atoms with E-state index < -0.39 is 75.3 Å². The third-order valence-electron chi connectivity index (χ3n) is 5.13. The third kappa shape index (κ3) is 9.17. The number of aromatic nitrogens is 1. The van der Waals surface area contributed by atoms with Gasteiger partial charge in [-0.2, -0.15) is 13.2 Å². The molecule has 0 spiro atoms. The number of benzene rings is 1. The largest absolute Gasteiger partial charge is 0.480 e. The van der Waals surface area contributed by atoms with Crippen LogP contribution in [0.3, 0.4) is 0 Å². The van der Waals surface area contributed by atoms with Gasteiger partial charge < -0.3 is 25.0 Å². The van der Waals surface area contributed by atoms with E-state index in [0.717, 1.165) is 12.3 Å². The van der Waals surface area contributed by atoms with Gasteiger partial charge in [0.25, 0.3) is 0 Å². The van der Waals surface area contributed by atoms with Crippen molar-refractivity contribution in [3.05, 3.63) is 54.4 Å². The number of pyridine rings is 1. The van der Waals surface area contributed by atoms with Crippen LogP contribution in [0, 0.1) is 4.78 Å². The van der Waals surface area contributed by atoms with Crippen LogP contribution in [0.4, 0.5) is 18.0 Å². The second kappa shape index (κ2) is 12.0. The lowest BCUT2D eigenvalue weighted by molar-refractivity contribution is -0.268. The molecule has 0 aliphatic heterocycles. The molecule has 2 unspecified atom stereocenters. The van der Waals surface area contributed by atoms with Crippen LogP contribution in [-0.4, -0.2) is 60.8 Å². The number of aliphatic carboxylic acids is 1. The van der Waals surface area contributed by atoms with Gasteiger partial charge in [-0.3, -0.25) is 9.76 Å². The van der Waals surface area contributed by atoms with Gasteiger partial charge in [-0.05, 0) is 51.5 Å². The number of alkyl halides is 3. The zero-order chi connectivity index (χ0) is 28.8. The second-order valence-corrected chi connectivity index (χ2v) is 11.9. The predicted octanol–water partition coefficient (Wildman–Crippen LogP) is 4.43. The summed E-state index contributed by atoms with van der Waals surface area (Å²) in [6.07, 6.45) is -6.96. The van der Waals surface area contributed by atoms with E-state index in [2.05, 4.69) is 10.3 Å². The van der Waals surface area contributed by atoms with Gasteiger partial charge in [-0.25, -0.2) is 13.8 Å². The molecule has 0 aliphatic rings. The monoisotopic (exact) mass is 561 g/mol. The van der Waals surface area contributed by atoms with Crippen molar-refractivity contribution in [1.29, 1.82) is 4.78 Å². The van der Waals surface area contributed by atoms with Gasteiger partial charge in [-0.1, -0.05) is 18.2 Å². The van der Waals surface area contributed by atoms with Gasteiger partial charge in [0.2, 0.25) is 5.60 Å². The lowest BCUT2D eigenvalue weighted by atomic mass is 9.95. The molecule has 4 N–H and O–H groups in total. The number of hydrogen-bond donors (Lipinski definition) is 4. The van der Waals surface area contributed by atoms with Crippen LogP contribution in [-0.2, 0) is 24.9 Å². The molecule has 0 radical (unpaired) electrons. The smallest absolute Gasteiger partial charge is 0.423 e. The van der Waals surface area contributed by atoms with Crippen molar-refractivity contribution >= 4 is 21.8 Å². The number of rotatable bonds is 11. The summed E-state index contributed by atoms with van der Waals surface area (Å²) in [6, 6.07) is 8.92. The summed E-state index contributed by atoms with van der Waals surface area (Å²) in [5.41, 5.74) is -5.23. The van der Waals surface area contributed by atoms with E-state index >= 15 is 0 Å². The molecule has 0 bridgehead atoms. The van der Waals surface area contributed by atoms with Gasteiger partial charge in [0.1, 0.15) is 23.1 Å². The second-order valence-electron chi connectivity index (χ2n) is 9.45. The number of ether oxygens (including phenoxy) is 2. The quantitative estimate of drug-likeness (QED) is 0.314. The van der Waals surface area contributed by atoms with Gasteiger partial charge in [0, 0.05) is 27.7 Å². The molecule has 3 atom stereocenters. The molecule has 1 aromatic carbocycles. The van der Waals surface area contributed by atoms with E-state index in [-0.39, 0.29) is 5.75 Å².